The van der Waals surface area contributed by atoms with Crippen molar-refractivity contribution in [2.45, 2.75) is 38.4 Å². The van der Waals surface area contributed by atoms with Crippen molar-refractivity contribution in [3.05, 3.63) is 37.0 Å². The monoisotopic (exact) mass is 222 g/mol. The number of aliphatic hydroxyl groups is 1. The maximum absolute atomic E-state index is 9.06. The first-order valence-corrected chi connectivity index (χ1v) is 5.92. The number of allylic oxidation sites excluding steroid dienone is 2. The molecule has 1 aliphatic carbocycles. The average molecular weight is 222 g/mol. The quantitative estimate of drug-likeness (QED) is 0.700. The first-order chi connectivity index (χ1) is 7.71. The highest BCUT2D eigenvalue weighted by Crippen LogP contribution is 2.29. The van der Waals surface area contributed by atoms with Crippen molar-refractivity contribution in [2.24, 2.45) is 5.92 Å². The van der Waals surface area contributed by atoms with Crippen LogP contribution in [0.4, 0.5) is 0 Å². The zero-order chi connectivity index (χ0) is 12.0. The molecule has 0 saturated heterocycles. The molecular formula is C14H22O2. The summed E-state index contributed by atoms with van der Waals surface area (Å²) < 4.78 is 5.95. The summed E-state index contributed by atoms with van der Waals surface area (Å²) in [6, 6.07) is 0. The summed E-state index contributed by atoms with van der Waals surface area (Å²) in [5, 5.41) is 9.06. The fraction of sp³-hybridized carbons (Fsp3) is 0.571. The number of aliphatic hydroxyl groups excluding tert-OH is 1. The summed E-state index contributed by atoms with van der Waals surface area (Å²) >= 11 is 0. The molecule has 0 aromatic rings. The highest BCUT2D eigenvalue weighted by molar-refractivity contribution is 5.24. The molecule has 2 nitrogen and oxygen atoms in total. The van der Waals surface area contributed by atoms with E-state index in [1.807, 2.05) is 19.1 Å². The van der Waals surface area contributed by atoms with E-state index in [4.69, 9.17) is 9.84 Å². The van der Waals surface area contributed by atoms with Crippen LogP contribution < -0.4 is 0 Å². The summed E-state index contributed by atoms with van der Waals surface area (Å²) in [4.78, 5) is 0. The summed E-state index contributed by atoms with van der Waals surface area (Å²) in [6.45, 7) is 9.76. The third kappa shape index (κ3) is 3.62. The summed E-state index contributed by atoms with van der Waals surface area (Å²) in [5.74, 6) is 0.424. The molecule has 0 aromatic heterocycles. The van der Waals surface area contributed by atoms with Crippen molar-refractivity contribution in [3.63, 3.8) is 0 Å². The highest BCUT2D eigenvalue weighted by Gasteiger charge is 2.26. The normalized spacial score (nSPS) is 27.8. The van der Waals surface area contributed by atoms with E-state index in [2.05, 4.69) is 13.2 Å². The molecule has 1 rings (SSSR count). The molecule has 0 aliphatic heterocycles. The van der Waals surface area contributed by atoms with E-state index in [1.54, 1.807) is 6.08 Å². The van der Waals surface area contributed by atoms with Crippen LogP contribution in [0.3, 0.4) is 0 Å². The Kier molecular flexibility index (Phi) is 5.50. The maximum Gasteiger partial charge on any atom is 0.0800 e. The van der Waals surface area contributed by atoms with Crippen LogP contribution in [0.1, 0.15) is 26.2 Å². The second-order valence-corrected chi connectivity index (χ2v) is 4.37. The van der Waals surface area contributed by atoms with E-state index in [1.165, 1.54) is 0 Å². The van der Waals surface area contributed by atoms with E-state index < -0.39 is 0 Å². The molecule has 90 valence electrons. The van der Waals surface area contributed by atoms with Gasteiger partial charge in [0.05, 0.1) is 12.2 Å². The van der Waals surface area contributed by atoms with Crippen molar-refractivity contribution < 1.29 is 9.84 Å². The van der Waals surface area contributed by atoms with Gasteiger partial charge in [-0.1, -0.05) is 31.4 Å². The topological polar surface area (TPSA) is 29.5 Å². The Labute approximate surface area is 98.3 Å². The minimum absolute atomic E-state index is 0.0537. The standard InChI is InChI=1S/C14H22O2/c1-4-6-13(5-2)11(3)16-14-8-7-12(9-14)10-15/h4-6,11-12,14-15H,1-2,7-10H2,3H3/b13-6+/t11?,12-,14+/m1/s1. The largest absolute Gasteiger partial charge is 0.396 e. The van der Waals surface area contributed by atoms with Crippen LogP contribution in [0.2, 0.25) is 0 Å². The molecule has 1 aliphatic rings. The molecule has 0 radical (unpaired) electrons. The highest BCUT2D eigenvalue weighted by atomic mass is 16.5. The molecule has 1 saturated carbocycles. The lowest BCUT2D eigenvalue weighted by Gasteiger charge is -2.19. The third-order valence-electron chi connectivity index (χ3n) is 3.16. The smallest absolute Gasteiger partial charge is 0.0800 e. The van der Waals surface area contributed by atoms with Crippen LogP contribution in [-0.2, 0) is 4.74 Å². The first kappa shape index (κ1) is 13.2. The van der Waals surface area contributed by atoms with Gasteiger partial charge >= 0.3 is 0 Å². The fourth-order valence-corrected chi connectivity index (χ4v) is 2.19. The Hall–Kier alpha value is -0.860. The predicted molar refractivity (Wildman–Crippen MR) is 67.2 cm³/mol. The second kappa shape index (κ2) is 6.66. The van der Waals surface area contributed by atoms with E-state index in [0.29, 0.717) is 5.92 Å². The summed E-state index contributed by atoms with van der Waals surface area (Å²) in [6.07, 6.45) is 8.91. The van der Waals surface area contributed by atoms with Gasteiger partial charge in [0.2, 0.25) is 0 Å². The molecule has 1 fully saturated rings. The molecule has 0 amide bonds. The number of rotatable bonds is 6. The van der Waals surface area contributed by atoms with E-state index in [0.717, 1.165) is 24.8 Å². The van der Waals surface area contributed by atoms with E-state index in [9.17, 15) is 0 Å². The Morgan fingerprint density at radius 2 is 2.25 bits per heavy atom. The van der Waals surface area contributed by atoms with Crippen LogP contribution in [-0.4, -0.2) is 23.9 Å². The van der Waals surface area contributed by atoms with Crippen LogP contribution >= 0.6 is 0 Å². The molecule has 3 atom stereocenters. The van der Waals surface area contributed by atoms with Gasteiger partial charge < -0.3 is 9.84 Å². The molecule has 16 heavy (non-hydrogen) atoms. The predicted octanol–water partition coefficient (Wildman–Crippen LogP) is 2.85. The van der Waals surface area contributed by atoms with Crippen molar-refractivity contribution in [1.82, 2.24) is 0 Å². The molecule has 0 spiro atoms. The van der Waals surface area contributed by atoms with Gasteiger partial charge in [-0.15, -0.1) is 0 Å². The van der Waals surface area contributed by atoms with Gasteiger partial charge in [-0.3, -0.25) is 0 Å². The van der Waals surface area contributed by atoms with Gasteiger partial charge in [0, 0.05) is 6.61 Å². The van der Waals surface area contributed by atoms with Crippen molar-refractivity contribution >= 4 is 0 Å². The van der Waals surface area contributed by atoms with E-state index >= 15 is 0 Å². The molecular weight excluding hydrogens is 200 g/mol. The summed E-state index contributed by atoms with van der Waals surface area (Å²) in [7, 11) is 0. The molecule has 1 unspecified atom stereocenters. The van der Waals surface area contributed by atoms with E-state index in [-0.39, 0.29) is 18.8 Å². The van der Waals surface area contributed by atoms with Gasteiger partial charge in [0.25, 0.3) is 0 Å². The van der Waals surface area contributed by atoms with Gasteiger partial charge in [0.15, 0.2) is 0 Å². The van der Waals surface area contributed by atoms with Crippen LogP contribution in [0.5, 0.6) is 0 Å². The maximum atomic E-state index is 9.06. The Bertz CT molecular complexity index is 268. The minimum Gasteiger partial charge on any atom is -0.396 e. The zero-order valence-corrected chi connectivity index (χ0v) is 10.1. The van der Waals surface area contributed by atoms with Gasteiger partial charge in [-0.05, 0) is 37.7 Å². The van der Waals surface area contributed by atoms with Gasteiger partial charge in [0.1, 0.15) is 0 Å². The lowest BCUT2D eigenvalue weighted by molar-refractivity contribution is 0.0192. The fourth-order valence-electron chi connectivity index (χ4n) is 2.19. The second-order valence-electron chi connectivity index (χ2n) is 4.37. The molecule has 2 heteroatoms. The number of ether oxygens (including phenoxy) is 1. The first-order valence-electron chi connectivity index (χ1n) is 5.92. The lowest BCUT2D eigenvalue weighted by atomic mass is 10.1. The van der Waals surface area contributed by atoms with Crippen molar-refractivity contribution in [3.8, 4) is 0 Å². The SMILES string of the molecule is C=C/C=C(\C=C)C(C)O[C@H]1CC[C@@H](CO)C1. The van der Waals surface area contributed by atoms with Gasteiger partial charge in [-0.2, -0.15) is 0 Å². The van der Waals surface area contributed by atoms with Crippen LogP contribution in [0.25, 0.3) is 0 Å². The lowest BCUT2D eigenvalue weighted by Crippen LogP contribution is -2.19. The Balaban J connectivity index is 2.45. The van der Waals surface area contributed by atoms with Crippen molar-refractivity contribution in [1.29, 1.82) is 0 Å². The molecule has 0 heterocycles. The van der Waals surface area contributed by atoms with Crippen LogP contribution in [0, 0.1) is 5.92 Å². The molecule has 0 bridgehead atoms. The minimum atomic E-state index is 0.0537. The Morgan fingerprint density at radius 3 is 2.75 bits per heavy atom. The average Bonchev–Trinajstić information content (AvgIpc) is 2.73. The van der Waals surface area contributed by atoms with Gasteiger partial charge in [-0.25, -0.2) is 0 Å². The number of hydrogen-bond donors (Lipinski definition) is 1. The number of hydrogen-bond acceptors (Lipinski definition) is 2. The zero-order valence-electron chi connectivity index (χ0n) is 10.1. The summed E-state index contributed by atoms with van der Waals surface area (Å²) in [5.41, 5.74) is 1.06. The molecule has 1 N–H and O–H groups in total. The molecule has 0 aromatic carbocycles. The third-order valence-corrected chi connectivity index (χ3v) is 3.16. The van der Waals surface area contributed by atoms with Crippen molar-refractivity contribution in [2.75, 3.05) is 6.61 Å². The Morgan fingerprint density at radius 1 is 1.50 bits per heavy atom. The van der Waals surface area contributed by atoms with Crippen LogP contribution in [0.15, 0.2) is 37.0 Å².